The summed E-state index contributed by atoms with van der Waals surface area (Å²) in [6.45, 7) is -2.84. The Kier molecular flexibility index (Phi) is 7.39. The standard InChI is InChI=1S/C9H10F2N2OS.HI/c1-13-9(12)15-7-5-3-2-4-6(7)14-8(10)11;/h2-5,8H,1H3,(H2,12,13);1H. The highest BCUT2D eigenvalue weighted by atomic mass is 127. The van der Waals surface area contributed by atoms with Crippen molar-refractivity contribution < 1.29 is 13.5 Å². The highest BCUT2D eigenvalue weighted by Crippen LogP contribution is 2.29. The molecule has 0 heterocycles. The number of halogens is 3. The van der Waals surface area contributed by atoms with Crippen molar-refractivity contribution in [2.75, 3.05) is 7.05 Å². The Bertz CT molecular complexity index is 363. The first kappa shape index (κ1) is 15.4. The van der Waals surface area contributed by atoms with Gasteiger partial charge in [-0.3, -0.25) is 4.99 Å². The summed E-state index contributed by atoms with van der Waals surface area (Å²) in [6, 6.07) is 6.42. The van der Waals surface area contributed by atoms with Gasteiger partial charge in [-0.1, -0.05) is 12.1 Å². The van der Waals surface area contributed by atoms with Crippen LogP contribution in [0.4, 0.5) is 8.78 Å². The molecule has 0 fully saturated rings. The summed E-state index contributed by atoms with van der Waals surface area (Å²) in [6.07, 6.45) is 0. The molecule has 0 aromatic heterocycles. The van der Waals surface area contributed by atoms with Crippen LogP contribution < -0.4 is 10.5 Å². The zero-order valence-corrected chi connectivity index (χ0v) is 11.5. The lowest BCUT2D eigenvalue weighted by Gasteiger charge is -2.08. The molecule has 0 amide bonds. The van der Waals surface area contributed by atoms with E-state index in [9.17, 15) is 8.78 Å². The summed E-state index contributed by atoms with van der Waals surface area (Å²) in [4.78, 5) is 4.23. The highest BCUT2D eigenvalue weighted by Gasteiger charge is 2.10. The van der Waals surface area contributed by atoms with Crippen molar-refractivity contribution in [3.8, 4) is 5.75 Å². The SMILES string of the molecule is CN=C(N)Sc1ccccc1OC(F)F.I. The number of amidine groups is 1. The summed E-state index contributed by atoms with van der Waals surface area (Å²) in [5.74, 6) is 0.101. The van der Waals surface area contributed by atoms with Gasteiger partial charge in [0.25, 0.3) is 0 Å². The van der Waals surface area contributed by atoms with Crippen molar-refractivity contribution in [3.63, 3.8) is 0 Å². The van der Waals surface area contributed by atoms with Crippen molar-refractivity contribution in [1.29, 1.82) is 0 Å². The third-order valence-electron chi connectivity index (χ3n) is 1.50. The molecular formula is C9H11F2IN2OS. The van der Waals surface area contributed by atoms with E-state index in [4.69, 9.17) is 5.73 Å². The third kappa shape index (κ3) is 4.97. The number of nitrogens with two attached hydrogens (primary N) is 1. The molecule has 0 unspecified atom stereocenters. The van der Waals surface area contributed by atoms with Gasteiger partial charge in [-0.25, -0.2) is 0 Å². The molecule has 3 nitrogen and oxygen atoms in total. The van der Waals surface area contributed by atoms with E-state index < -0.39 is 6.61 Å². The van der Waals surface area contributed by atoms with Crippen molar-refractivity contribution in [2.45, 2.75) is 11.5 Å². The maximum atomic E-state index is 12.0. The molecule has 90 valence electrons. The lowest BCUT2D eigenvalue weighted by atomic mass is 10.3. The Labute approximate surface area is 113 Å². The van der Waals surface area contributed by atoms with Gasteiger partial charge in [0.1, 0.15) is 5.75 Å². The minimum Gasteiger partial charge on any atom is -0.434 e. The molecule has 0 spiro atoms. The second-order valence-electron chi connectivity index (χ2n) is 2.49. The number of aliphatic imine (C=N–C) groups is 1. The van der Waals surface area contributed by atoms with Crippen LogP contribution in [-0.4, -0.2) is 18.8 Å². The number of hydrogen-bond acceptors (Lipinski definition) is 3. The molecule has 0 aliphatic rings. The third-order valence-corrected chi connectivity index (χ3v) is 2.45. The average molecular weight is 360 g/mol. The molecule has 1 aromatic rings. The molecule has 1 rings (SSSR count). The van der Waals surface area contributed by atoms with Gasteiger partial charge in [0.05, 0.1) is 4.90 Å². The number of ether oxygens (including phenoxy) is 1. The van der Waals surface area contributed by atoms with Crippen LogP contribution in [0.5, 0.6) is 5.75 Å². The minimum absolute atomic E-state index is 0. The van der Waals surface area contributed by atoms with E-state index in [2.05, 4.69) is 9.73 Å². The number of benzene rings is 1. The lowest BCUT2D eigenvalue weighted by molar-refractivity contribution is -0.0516. The number of nitrogens with zero attached hydrogens (tertiary/aromatic N) is 1. The van der Waals surface area contributed by atoms with E-state index in [1.54, 1.807) is 18.2 Å². The van der Waals surface area contributed by atoms with E-state index in [0.717, 1.165) is 11.8 Å². The molecular weight excluding hydrogens is 349 g/mol. The Morgan fingerprint density at radius 3 is 2.62 bits per heavy atom. The maximum Gasteiger partial charge on any atom is 0.387 e. The quantitative estimate of drug-likeness (QED) is 0.390. The van der Waals surface area contributed by atoms with Gasteiger partial charge in [-0.15, -0.1) is 24.0 Å². The van der Waals surface area contributed by atoms with Crippen LogP contribution in [0, 0.1) is 0 Å². The fraction of sp³-hybridized carbons (Fsp3) is 0.222. The minimum atomic E-state index is -2.84. The summed E-state index contributed by atoms with van der Waals surface area (Å²) in [5, 5.41) is 0.292. The summed E-state index contributed by atoms with van der Waals surface area (Å²) < 4.78 is 28.4. The van der Waals surface area contributed by atoms with Crippen LogP contribution in [0.15, 0.2) is 34.2 Å². The van der Waals surface area contributed by atoms with Crippen LogP contribution in [0.1, 0.15) is 0 Å². The molecule has 1 aromatic carbocycles. The topological polar surface area (TPSA) is 47.6 Å². The lowest BCUT2D eigenvalue weighted by Crippen LogP contribution is -2.07. The van der Waals surface area contributed by atoms with Gasteiger partial charge in [-0.05, 0) is 23.9 Å². The van der Waals surface area contributed by atoms with Crippen LogP contribution in [0.25, 0.3) is 0 Å². The Balaban J connectivity index is 0.00000225. The van der Waals surface area contributed by atoms with Gasteiger partial charge in [-0.2, -0.15) is 8.78 Å². The number of alkyl halides is 2. The van der Waals surface area contributed by atoms with Gasteiger partial charge in [0.15, 0.2) is 5.17 Å². The zero-order chi connectivity index (χ0) is 11.3. The number of thioether (sulfide) groups is 1. The van der Waals surface area contributed by atoms with Crippen molar-refractivity contribution in [3.05, 3.63) is 24.3 Å². The van der Waals surface area contributed by atoms with Gasteiger partial charge in [0.2, 0.25) is 0 Å². The van der Waals surface area contributed by atoms with E-state index in [1.165, 1.54) is 13.1 Å². The summed E-state index contributed by atoms with van der Waals surface area (Å²) in [7, 11) is 1.53. The normalized spacial score (nSPS) is 11.1. The maximum absolute atomic E-state index is 12.0. The first-order chi connectivity index (χ1) is 7.13. The molecule has 0 bridgehead atoms. The number of rotatable bonds is 3. The van der Waals surface area contributed by atoms with Crippen LogP contribution in [0.3, 0.4) is 0 Å². The second-order valence-corrected chi connectivity index (χ2v) is 3.55. The molecule has 0 saturated carbocycles. The van der Waals surface area contributed by atoms with Crippen molar-refractivity contribution in [1.82, 2.24) is 0 Å². The highest BCUT2D eigenvalue weighted by molar-refractivity contribution is 14.0. The second kappa shape index (κ2) is 7.66. The molecule has 0 aliphatic heterocycles. The Morgan fingerprint density at radius 1 is 1.44 bits per heavy atom. The number of hydrogen-bond donors (Lipinski definition) is 1. The Hall–Kier alpha value is -0.570. The predicted octanol–water partition coefficient (Wildman–Crippen LogP) is 2.94. The molecule has 7 heteroatoms. The fourth-order valence-corrected chi connectivity index (χ4v) is 1.57. The van der Waals surface area contributed by atoms with Crippen LogP contribution in [-0.2, 0) is 0 Å². The fourth-order valence-electron chi connectivity index (χ4n) is 0.886. The number of para-hydroxylation sites is 1. The smallest absolute Gasteiger partial charge is 0.387 e. The monoisotopic (exact) mass is 360 g/mol. The first-order valence-corrected chi connectivity index (χ1v) is 4.89. The van der Waals surface area contributed by atoms with Crippen LogP contribution in [0.2, 0.25) is 0 Å². The van der Waals surface area contributed by atoms with Gasteiger partial charge in [0, 0.05) is 7.05 Å². The van der Waals surface area contributed by atoms with Gasteiger partial charge < -0.3 is 10.5 Å². The van der Waals surface area contributed by atoms with E-state index >= 15 is 0 Å². The molecule has 2 N–H and O–H groups in total. The van der Waals surface area contributed by atoms with Crippen molar-refractivity contribution in [2.24, 2.45) is 10.7 Å². The Morgan fingerprint density at radius 2 is 2.06 bits per heavy atom. The first-order valence-electron chi connectivity index (χ1n) is 4.07. The van der Waals surface area contributed by atoms with E-state index in [1.807, 2.05) is 0 Å². The summed E-state index contributed by atoms with van der Waals surface area (Å²) >= 11 is 1.08. The van der Waals surface area contributed by atoms with E-state index in [0.29, 0.717) is 10.1 Å². The molecule has 0 atom stereocenters. The largest absolute Gasteiger partial charge is 0.434 e. The van der Waals surface area contributed by atoms with Crippen LogP contribution >= 0.6 is 35.7 Å². The molecule has 0 saturated heterocycles. The van der Waals surface area contributed by atoms with Gasteiger partial charge >= 0.3 is 6.61 Å². The molecule has 0 radical (unpaired) electrons. The zero-order valence-electron chi connectivity index (χ0n) is 8.39. The molecule has 16 heavy (non-hydrogen) atoms. The van der Waals surface area contributed by atoms with E-state index in [-0.39, 0.29) is 29.7 Å². The summed E-state index contributed by atoms with van der Waals surface area (Å²) in [5.41, 5.74) is 5.47. The van der Waals surface area contributed by atoms with Crippen molar-refractivity contribution >= 4 is 40.9 Å². The average Bonchev–Trinajstić information content (AvgIpc) is 2.20. The molecule has 0 aliphatic carbocycles. The predicted molar refractivity (Wildman–Crippen MR) is 71.9 cm³/mol.